The van der Waals surface area contributed by atoms with E-state index in [-0.39, 0.29) is 37.4 Å². The Morgan fingerprint density at radius 3 is 2.84 bits per heavy atom. The molecule has 1 aromatic carbocycles. The van der Waals surface area contributed by atoms with Crippen LogP contribution in [0.1, 0.15) is 24.3 Å². The van der Waals surface area contributed by atoms with Gasteiger partial charge in [-0.05, 0) is 12.5 Å². The highest BCUT2D eigenvalue weighted by Gasteiger charge is 2.57. The molecule has 0 aromatic heterocycles. The van der Waals surface area contributed by atoms with Crippen molar-refractivity contribution in [1.29, 1.82) is 0 Å². The highest BCUT2D eigenvalue weighted by atomic mass is 16.5. The maximum Gasteiger partial charge on any atom is 0.315 e. The summed E-state index contributed by atoms with van der Waals surface area (Å²) in [4.78, 5) is 39.6. The third kappa shape index (κ3) is 2.45. The number of nitrogens with zero attached hydrogens (tertiary/aromatic N) is 2. The molecule has 2 amide bonds. The average Bonchev–Trinajstić information content (AvgIpc) is 3.19. The first kappa shape index (κ1) is 15.9. The molecule has 0 saturated carbocycles. The summed E-state index contributed by atoms with van der Waals surface area (Å²) >= 11 is 0. The van der Waals surface area contributed by atoms with Crippen LogP contribution in [0.15, 0.2) is 24.3 Å². The van der Waals surface area contributed by atoms with Crippen molar-refractivity contribution in [2.24, 2.45) is 5.41 Å². The number of likely N-dealkylation sites (tertiary alicyclic amines) is 2. The second-order valence-corrected chi connectivity index (χ2v) is 7.03. The van der Waals surface area contributed by atoms with Crippen LogP contribution in [0.3, 0.4) is 0 Å². The standard InChI is InChI=1S/C18H20N2O5/c21-15-6-3-7-19(15)9-16(22)20-8-13-12-4-1-2-5-14(12)25-11-18(13,10-20)17(23)24/h1-2,4-5,13H,3,6-11H2,(H,23,24)/t13-,18-/m1/s1. The van der Waals surface area contributed by atoms with E-state index in [0.717, 1.165) is 12.0 Å². The molecular weight excluding hydrogens is 324 g/mol. The van der Waals surface area contributed by atoms with Crippen molar-refractivity contribution in [3.63, 3.8) is 0 Å². The number of carboxylic acids is 1. The third-order valence-electron chi connectivity index (χ3n) is 5.60. The minimum Gasteiger partial charge on any atom is -0.492 e. The summed E-state index contributed by atoms with van der Waals surface area (Å²) in [7, 11) is 0. The molecule has 0 unspecified atom stereocenters. The van der Waals surface area contributed by atoms with Gasteiger partial charge in [0, 0.05) is 37.5 Å². The van der Waals surface area contributed by atoms with Crippen LogP contribution in [0, 0.1) is 5.41 Å². The Labute approximate surface area is 145 Å². The van der Waals surface area contributed by atoms with Crippen molar-refractivity contribution in [2.75, 3.05) is 32.8 Å². The summed E-state index contributed by atoms with van der Waals surface area (Å²) in [5.74, 6) is -0.754. The zero-order valence-corrected chi connectivity index (χ0v) is 13.8. The van der Waals surface area contributed by atoms with Crippen molar-refractivity contribution >= 4 is 17.8 Å². The maximum absolute atomic E-state index is 12.7. The average molecular weight is 344 g/mol. The number of carboxylic acid groups (broad SMARTS) is 1. The van der Waals surface area contributed by atoms with Gasteiger partial charge in [0.05, 0.1) is 6.54 Å². The molecule has 7 nitrogen and oxygen atoms in total. The molecule has 3 aliphatic heterocycles. The molecule has 132 valence electrons. The van der Waals surface area contributed by atoms with E-state index in [1.54, 1.807) is 9.80 Å². The van der Waals surface area contributed by atoms with E-state index in [1.165, 1.54) is 0 Å². The molecule has 0 bridgehead atoms. The highest BCUT2D eigenvalue weighted by molar-refractivity contribution is 5.87. The molecule has 25 heavy (non-hydrogen) atoms. The van der Waals surface area contributed by atoms with Gasteiger partial charge in [-0.15, -0.1) is 0 Å². The molecule has 2 fully saturated rings. The van der Waals surface area contributed by atoms with Crippen LogP contribution in [-0.4, -0.2) is 65.5 Å². The summed E-state index contributed by atoms with van der Waals surface area (Å²) in [6, 6.07) is 7.40. The lowest BCUT2D eigenvalue weighted by atomic mass is 9.73. The first-order valence-corrected chi connectivity index (χ1v) is 8.52. The Hall–Kier alpha value is -2.57. The minimum atomic E-state index is -1.13. The molecule has 1 N–H and O–H groups in total. The SMILES string of the molecule is O=C1CCCN1CC(=O)N1C[C@@H]2c3ccccc3OC[C@]2(C(=O)O)C1. The Morgan fingerprint density at radius 1 is 1.32 bits per heavy atom. The van der Waals surface area contributed by atoms with Crippen molar-refractivity contribution < 1.29 is 24.2 Å². The van der Waals surface area contributed by atoms with Crippen LogP contribution in [-0.2, 0) is 14.4 Å². The smallest absolute Gasteiger partial charge is 0.315 e. The summed E-state index contributed by atoms with van der Waals surface area (Å²) in [6.07, 6.45) is 1.26. The van der Waals surface area contributed by atoms with Crippen molar-refractivity contribution in [3.8, 4) is 5.75 Å². The van der Waals surface area contributed by atoms with Gasteiger partial charge >= 0.3 is 5.97 Å². The number of benzene rings is 1. The highest BCUT2D eigenvalue weighted by Crippen LogP contribution is 2.49. The largest absolute Gasteiger partial charge is 0.492 e. The number of rotatable bonds is 3. The molecule has 4 rings (SSSR count). The Bertz CT molecular complexity index is 749. The Balaban J connectivity index is 1.59. The number of aliphatic carboxylic acids is 1. The maximum atomic E-state index is 12.7. The van der Waals surface area contributed by atoms with E-state index in [2.05, 4.69) is 0 Å². The summed E-state index contributed by atoms with van der Waals surface area (Å²) < 4.78 is 5.70. The van der Waals surface area contributed by atoms with Crippen LogP contribution in [0.2, 0.25) is 0 Å². The van der Waals surface area contributed by atoms with E-state index >= 15 is 0 Å². The lowest BCUT2D eigenvalue weighted by Gasteiger charge is -2.35. The molecule has 2 saturated heterocycles. The fourth-order valence-electron chi connectivity index (χ4n) is 4.16. The second-order valence-electron chi connectivity index (χ2n) is 7.03. The number of carbonyl (C=O) groups is 3. The third-order valence-corrected chi connectivity index (χ3v) is 5.60. The van der Waals surface area contributed by atoms with E-state index in [9.17, 15) is 19.5 Å². The van der Waals surface area contributed by atoms with Gasteiger partial charge in [-0.1, -0.05) is 18.2 Å². The summed E-state index contributed by atoms with van der Waals surface area (Å²) in [6.45, 7) is 1.13. The van der Waals surface area contributed by atoms with E-state index in [1.807, 2.05) is 24.3 Å². The second kappa shape index (κ2) is 5.75. The van der Waals surface area contributed by atoms with Gasteiger partial charge in [0.1, 0.15) is 17.8 Å². The first-order valence-electron chi connectivity index (χ1n) is 8.52. The molecule has 3 aliphatic rings. The predicted octanol–water partition coefficient (Wildman–Crippen LogP) is 0.698. The fraction of sp³-hybridized carbons (Fsp3) is 0.500. The number of hydrogen-bond acceptors (Lipinski definition) is 4. The molecule has 0 radical (unpaired) electrons. The molecular formula is C18H20N2O5. The number of fused-ring (bicyclic) bond motifs is 3. The predicted molar refractivity (Wildman–Crippen MR) is 87.1 cm³/mol. The molecule has 0 aliphatic carbocycles. The van der Waals surface area contributed by atoms with Crippen LogP contribution in [0.25, 0.3) is 0 Å². The van der Waals surface area contributed by atoms with Gasteiger partial charge in [-0.2, -0.15) is 0 Å². The van der Waals surface area contributed by atoms with E-state index < -0.39 is 11.4 Å². The molecule has 1 aromatic rings. The van der Waals surface area contributed by atoms with Crippen molar-refractivity contribution in [2.45, 2.75) is 18.8 Å². The van der Waals surface area contributed by atoms with Crippen LogP contribution >= 0.6 is 0 Å². The lowest BCUT2D eigenvalue weighted by molar-refractivity contribution is -0.152. The van der Waals surface area contributed by atoms with Crippen molar-refractivity contribution in [1.82, 2.24) is 9.80 Å². The number of carbonyl (C=O) groups excluding carboxylic acids is 2. The van der Waals surface area contributed by atoms with Gasteiger partial charge in [-0.25, -0.2) is 0 Å². The molecule has 3 heterocycles. The quantitative estimate of drug-likeness (QED) is 0.872. The lowest BCUT2D eigenvalue weighted by Crippen LogP contribution is -2.46. The Kier molecular flexibility index (Phi) is 3.67. The van der Waals surface area contributed by atoms with E-state index in [0.29, 0.717) is 25.3 Å². The molecule has 0 spiro atoms. The summed E-state index contributed by atoms with van der Waals surface area (Å²) in [5, 5.41) is 9.87. The monoisotopic (exact) mass is 344 g/mol. The minimum absolute atomic E-state index is 0.00779. The number of ether oxygens (including phenoxy) is 1. The fourth-order valence-corrected chi connectivity index (χ4v) is 4.16. The van der Waals surface area contributed by atoms with Gasteiger partial charge in [0.25, 0.3) is 0 Å². The number of amides is 2. The normalized spacial score (nSPS) is 27.7. The zero-order valence-electron chi connectivity index (χ0n) is 13.8. The van der Waals surface area contributed by atoms with Crippen LogP contribution in [0.4, 0.5) is 0 Å². The zero-order chi connectivity index (χ0) is 17.6. The van der Waals surface area contributed by atoms with Gasteiger partial charge in [-0.3, -0.25) is 14.4 Å². The van der Waals surface area contributed by atoms with Gasteiger partial charge in [0.2, 0.25) is 11.8 Å². The van der Waals surface area contributed by atoms with Crippen LogP contribution in [0.5, 0.6) is 5.75 Å². The summed E-state index contributed by atoms with van der Waals surface area (Å²) in [5.41, 5.74) is -0.289. The molecule has 2 atom stereocenters. The number of para-hydroxylation sites is 1. The molecule has 7 heteroatoms. The van der Waals surface area contributed by atoms with Crippen LogP contribution < -0.4 is 4.74 Å². The van der Waals surface area contributed by atoms with Gasteiger partial charge in [0.15, 0.2) is 0 Å². The topological polar surface area (TPSA) is 87.2 Å². The number of hydrogen-bond donors (Lipinski definition) is 1. The van der Waals surface area contributed by atoms with Crippen molar-refractivity contribution in [3.05, 3.63) is 29.8 Å². The van der Waals surface area contributed by atoms with E-state index in [4.69, 9.17) is 4.74 Å². The Morgan fingerprint density at radius 2 is 2.12 bits per heavy atom. The first-order chi connectivity index (χ1) is 12.0. The van der Waals surface area contributed by atoms with Gasteiger partial charge < -0.3 is 19.6 Å².